The lowest BCUT2D eigenvalue weighted by atomic mass is 10.1. The molecule has 0 unspecified atom stereocenters. The highest BCUT2D eigenvalue weighted by atomic mass is 16.3. The minimum atomic E-state index is -0.188. The number of nitrogens with one attached hydrogen (secondary N) is 1. The zero-order valence-corrected chi connectivity index (χ0v) is 8.44. The minimum Gasteiger partial charge on any atom is -0.468 e. The van der Waals surface area contributed by atoms with Crippen molar-refractivity contribution in [1.82, 2.24) is 5.32 Å². The van der Waals surface area contributed by atoms with Crippen LogP contribution in [0.5, 0.6) is 0 Å². The molecule has 0 aliphatic heterocycles. The number of hydrogen-bond donors (Lipinski definition) is 2. The van der Waals surface area contributed by atoms with E-state index >= 15 is 0 Å². The fourth-order valence-electron chi connectivity index (χ4n) is 2.08. The van der Waals surface area contributed by atoms with Crippen LogP contribution in [0.4, 0.5) is 0 Å². The number of aliphatic hydroxyl groups excluding tert-OH is 1. The van der Waals surface area contributed by atoms with Gasteiger partial charge in [-0.05, 0) is 38.3 Å². The van der Waals surface area contributed by atoms with Gasteiger partial charge in [0.25, 0.3) is 0 Å². The van der Waals surface area contributed by atoms with Gasteiger partial charge in [0.15, 0.2) is 0 Å². The summed E-state index contributed by atoms with van der Waals surface area (Å²) in [5.41, 5.74) is 0. The Kier molecular flexibility index (Phi) is 2.89. The maximum Gasteiger partial charge on any atom is 0.120 e. The predicted octanol–water partition coefficient (Wildman–Crippen LogP) is 1.84. The van der Waals surface area contributed by atoms with Crippen molar-refractivity contribution in [3.63, 3.8) is 0 Å². The molecule has 78 valence electrons. The summed E-state index contributed by atoms with van der Waals surface area (Å²) in [7, 11) is 0. The summed E-state index contributed by atoms with van der Waals surface area (Å²) in [6.45, 7) is 2.06. The lowest BCUT2D eigenvalue weighted by Crippen LogP contribution is -2.37. The summed E-state index contributed by atoms with van der Waals surface area (Å²) in [4.78, 5) is 0. The third-order valence-corrected chi connectivity index (χ3v) is 2.91. The summed E-state index contributed by atoms with van der Waals surface area (Å²) in [6.07, 6.45) is 4.59. The van der Waals surface area contributed by atoms with Gasteiger partial charge in [0.05, 0.1) is 18.4 Å². The largest absolute Gasteiger partial charge is 0.468 e. The Balaban J connectivity index is 1.91. The van der Waals surface area contributed by atoms with E-state index in [9.17, 15) is 5.11 Å². The van der Waals surface area contributed by atoms with E-state index < -0.39 is 0 Å². The van der Waals surface area contributed by atoms with Crippen molar-refractivity contribution in [2.24, 2.45) is 0 Å². The van der Waals surface area contributed by atoms with Crippen molar-refractivity contribution in [2.45, 2.75) is 44.4 Å². The first-order valence-corrected chi connectivity index (χ1v) is 5.25. The van der Waals surface area contributed by atoms with Crippen molar-refractivity contribution in [3.8, 4) is 0 Å². The molecule has 0 radical (unpaired) electrons. The second kappa shape index (κ2) is 4.15. The summed E-state index contributed by atoms with van der Waals surface area (Å²) in [5.74, 6) is 0.934. The van der Waals surface area contributed by atoms with Crippen LogP contribution in [0.2, 0.25) is 0 Å². The van der Waals surface area contributed by atoms with Gasteiger partial charge in [0.1, 0.15) is 5.76 Å². The fraction of sp³-hybridized carbons (Fsp3) is 0.636. The molecule has 2 N–H and O–H groups in total. The summed E-state index contributed by atoms with van der Waals surface area (Å²) >= 11 is 0. The average molecular weight is 195 g/mol. The summed E-state index contributed by atoms with van der Waals surface area (Å²) < 4.78 is 5.30. The van der Waals surface area contributed by atoms with Crippen molar-refractivity contribution >= 4 is 0 Å². The van der Waals surface area contributed by atoms with Crippen LogP contribution in [0.25, 0.3) is 0 Å². The van der Waals surface area contributed by atoms with Crippen molar-refractivity contribution < 1.29 is 9.52 Å². The van der Waals surface area contributed by atoms with Gasteiger partial charge in [-0.2, -0.15) is 0 Å². The molecule has 0 aromatic carbocycles. The number of furan rings is 1. The van der Waals surface area contributed by atoms with Crippen molar-refractivity contribution in [3.05, 3.63) is 24.2 Å². The van der Waals surface area contributed by atoms with Crippen LogP contribution in [-0.4, -0.2) is 17.3 Å². The molecule has 0 bridgehead atoms. The second-order valence-electron chi connectivity index (χ2n) is 4.01. The Labute approximate surface area is 84.1 Å². The van der Waals surface area contributed by atoms with Crippen LogP contribution in [0, 0.1) is 0 Å². The molecule has 0 saturated heterocycles. The van der Waals surface area contributed by atoms with Crippen molar-refractivity contribution in [2.75, 3.05) is 0 Å². The molecule has 14 heavy (non-hydrogen) atoms. The quantitative estimate of drug-likeness (QED) is 0.773. The van der Waals surface area contributed by atoms with E-state index in [1.54, 1.807) is 6.26 Å². The first-order valence-electron chi connectivity index (χ1n) is 5.25. The van der Waals surface area contributed by atoms with Gasteiger partial charge >= 0.3 is 0 Å². The Morgan fingerprint density at radius 1 is 1.57 bits per heavy atom. The molecule has 1 heterocycles. The molecular formula is C11H17NO2. The Hall–Kier alpha value is -0.800. The number of hydrogen-bond acceptors (Lipinski definition) is 3. The zero-order valence-electron chi connectivity index (χ0n) is 8.44. The number of aliphatic hydroxyl groups is 1. The third-order valence-electron chi connectivity index (χ3n) is 2.91. The molecule has 0 spiro atoms. The van der Waals surface area contributed by atoms with E-state index in [0.717, 1.165) is 25.0 Å². The second-order valence-corrected chi connectivity index (χ2v) is 4.01. The SMILES string of the molecule is C[C@@H](N[C@H]1CCC[C@@H]1O)c1ccco1. The summed E-state index contributed by atoms with van der Waals surface area (Å²) in [5, 5.41) is 13.0. The van der Waals surface area contributed by atoms with Crippen LogP contribution in [-0.2, 0) is 0 Å². The van der Waals surface area contributed by atoms with Crippen LogP contribution in [0.3, 0.4) is 0 Å². The third kappa shape index (κ3) is 1.99. The van der Waals surface area contributed by atoms with Gasteiger partial charge in [0.2, 0.25) is 0 Å². The average Bonchev–Trinajstić information content (AvgIpc) is 2.77. The zero-order chi connectivity index (χ0) is 9.97. The van der Waals surface area contributed by atoms with E-state index in [2.05, 4.69) is 12.2 Å². The van der Waals surface area contributed by atoms with E-state index in [0.29, 0.717) is 0 Å². The Bertz CT molecular complexity index is 271. The minimum absolute atomic E-state index is 0.183. The van der Waals surface area contributed by atoms with Gasteiger partial charge in [0, 0.05) is 6.04 Å². The topological polar surface area (TPSA) is 45.4 Å². The highest BCUT2D eigenvalue weighted by molar-refractivity contribution is 5.04. The molecule has 1 fully saturated rings. The van der Waals surface area contributed by atoms with Gasteiger partial charge in [-0.1, -0.05) is 0 Å². The molecule has 3 nitrogen and oxygen atoms in total. The molecule has 1 aromatic heterocycles. The number of rotatable bonds is 3. The van der Waals surface area contributed by atoms with E-state index in [1.165, 1.54) is 0 Å². The Morgan fingerprint density at radius 3 is 3.00 bits per heavy atom. The van der Waals surface area contributed by atoms with Gasteiger partial charge in [-0.3, -0.25) is 0 Å². The predicted molar refractivity (Wildman–Crippen MR) is 53.9 cm³/mol. The first-order chi connectivity index (χ1) is 6.77. The molecular weight excluding hydrogens is 178 g/mol. The van der Waals surface area contributed by atoms with Gasteiger partial charge in [-0.25, -0.2) is 0 Å². The van der Waals surface area contributed by atoms with E-state index in [-0.39, 0.29) is 18.2 Å². The van der Waals surface area contributed by atoms with Crippen LogP contribution >= 0.6 is 0 Å². The van der Waals surface area contributed by atoms with Crippen LogP contribution < -0.4 is 5.32 Å². The molecule has 1 saturated carbocycles. The summed E-state index contributed by atoms with van der Waals surface area (Å²) in [6, 6.07) is 4.26. The van der Waals surface area contributed by atoms with E-state index in [1.807, 2.05) is 12.1 Å². The molecule has 1 aliphatic rings. The molecule has 1 aromatic rings. The highest BCUT2D eigenvalue weighted by Crippen LogP contribution is 2.22. The maximum atomic E-state index is 9.64. The fourth-order valence-corrected chi connectivity index (χ4v) is 2.08. The lowest BCUT2D eigenvalue weighted by Gasteiger charge is -2.20. The highest BCUT2D eigenvalue weighted by Gasteiger charge is 2.26. The Morgan fingerprint density at radius 2 is 2.43 bits per heavy atom. The maximum absolute atomic E-state index is 9.64. The monoisotopic (exact) mass is 195 g/mol. The van der Waals surface area contributed by atoms with Crippen LogP contribution in [0.1, 0.15) is 38.0 Å². The lowest BCUT2D eigenvalue weighted by molar-refractivity contribution is 0.142. The normalized spacial score (nSPS) is 29.3. The standard InChI is InChI=1S/C11H17NO2/c1-8(11-6-3-7-14-11)12-9-4-2-5-10(9)13/h3,6-10,12-13H,2,4-5H2,1H3/t8-,9+,10+/m1/s1. The molecule has 3 heteroatoms. The van der Waals surface area contributed by atoms with Crippen LogP contribution in [0.15, 0.2) is 22.8 Å². The van der Waals surface area contributed by atoms with Crippen molar-refractivity contribution in [1.29, 1.82) is 0 Å². The smallest absolute Gasteiger partial charge is 0.120 e. The molecule has 0 amide bonds. The first kappa shape index (κ1) is 9.74. The van der Waals surface area contributed by atoms with E-state index in [4.69, 9.17) is 4.42 Å². The van der Waals surface area contributed by atoms with Gasteiger partial charge < -0.3 is 14.8 Å². The molecule has 2 rings (SSSR count). The molecule has 1 aliphatic carbocycles. The molecule has 3 atom stereocenters. The van der Waals surface area contributed by atoms with Gasteiger partial charge in [-0.15, -0.1) is 0 Å².